The summed E-state index contributed by atoms with van der Waals surface area (Å²) in [5, 5.41) is 13.2. The quantitative estimate of drug-likeness (QED) is 0.439. The Morgan fingerprint density at radius 2 is 1.77 bits per heavy atom. The standard InChI is InChI=1S/C21H19N3O2/c22-20(17-9-4-10-18(14-17)21(25)26)24-23-19-11-5-8-16(12-13-19)15-6-2-1-3-7-15/h1-4,6-14,23H,5H2,(H2,22,24)(H,25,26). The molecule has 0 amide bonds. The van der Waals surface area contributed by atoms with E-state index in [4.69, 9.17) is 10.8 Å². The maximum absolute atomic E-state index is 11.0. The monoisotopic (exact) mass is 345 g/mol. The molecule has 0 unspecified atom stereocenters. The smallest absolute Gasteiger partial charge is 0.335 e. The molecule has 0 bridgehead atoms. The summed E-state index contributed by atoms with van der Waals surface area (Å²) < 4.78 is 0. The van der Waals surface area contributed by atoms with Crippen molar-refractivity contribution in [3.63, 3.8) is 0 Å². The lowest BCUT2D eigenvalue weighted by molar-refractivity contribution is 0.0697. The van der Waals surface area contributed by atoms with Crippen LogP contribution in [0.2, 0.25) is 0 Å². The molecule has 4 N–H and O–H groups in total. The number of aromatic carboxylic acids is 1. The number of rotatable bonds is 5. The zero-order valence-corrected chi connectivity index (χ0v) is 14.1. The number of hydrogen-bond donors (Lipinski definition) is 3. The van der Waals surface area contributed by atoms with Crippen molar-refractivity contribution in [1.82, 2.24) is 5.43 Å². The molecule has 3 rings (SSSR count). The molecule has 5 heteroatoms. The first-order chi connectivity index (χ1) is 12.6. The highest BCUT2D eigenvalue weighted by molar-refractivity contribution is 5.99. The van der Waals surface area contributed by atoms with Crippen LogP contribution in [-0.2, 0) is 0 Å². The number of nitrogens with one attached hydrogen (secondary N) is 1. The molecule has 0 aliphatic heterocycles. The molecule has 2 aromatic carbocycles. The van der Waals surface area contributed by atoms with E-state index in [0.29, 0.717) is 5.56 Å². The second kappa shape index (κ2) is 7.98. The van der Waals surface area contributed by atoms with E-state index in [2.05, 4.69) is 28.7 Å². The summed E-state index contributed by atoms with van der Waals surface area (Å²) in [6.07, 6.45) is 8.89. The highest BCUT2D eigenvalue weighted by atomic mass is 16.4. The van der Waals surface area contributed by atoms with Gasteiger partial charge in [0.25, 0.3) is 0 Å². The number of carboxylic acid groups (broad SMARTS) is 1. The molecule has 1 aliphatic carbocycles. The minimum absolute atomic E-state index is 0.172. The third-order valence-electron chi connectivity index (χ3n) is 3.94. The van der Waals surface area contributed by atoms with Gasteiger partial charge in [0.05, 0.1) is 11.3 Å². The van der Waals surface area contributed by atoms with Crippen LogP contribution in [0.4, 0.5) is 0 Å². The molecule has 1 aliphatic rings. The first-order valence-electron chi connectivity index (χ1n) is 8.20. The summed E-state index contributed by atoms with van der Waals surface area (Å²) in [5.41, 5.74) is 12.8. The van der Waals surface area contributed by atoms with Crippen LogP contribution in [0.1, 0.15) is 27.9 Å². The Kier molecular flexibility index (Phi) is 5.29. The van der Waals surface area contributed by atoms with Crippen LogP contribution >= 0.6 is 0 Å². The zero-order valence-electron chi connectivity index (χ0n) is 14.1. The van der Waals surface area contributed by atoms with Gasteiger partial charge in [-0.25, -0.2) is 4.79 Å². The molecule has 0 radical (unpaired) electrons. The van der Waals surface area contributed by atoms with Crippen LogP contribution in [0.25, 0.3) is 5.57 Å². The van der Waals surface area contributed by atoms with E-state index < -0.39 is 5.97 Å². The molecule has 2 aromatic rings. The lowest BCUT2D eigenvalue weighted by Gasteiger charge is -2.05. The predicted molar refractivity (Wildman–Crippen MR) is 104 cm³/mol. The van der Waals surface area contributed by atoms with E-state index in [0.717, 1.165) is 23.3 Å². The number of amidine groups is 1. The number of hydrogen-bond acceptors (Lipinski definition) is 3. The summed E-state index contributed by atoms with van der Waals surface area (Å²) >= 11 is 0. The molecule has 5 nitrogen and oxygen atoms in total. The van der Waals surface area contributed by atoms with Crippen LogP contribution in [0.5, 0.6) is 0 Å². The van der Waals surface area contributed by atoms with E-state index in [1.54, 1.807) is 12.1 Å². The average Bonchev–Trinajstić information content (AvgIpc) is 2.92. The molecular formula is C21H19N3O2. The topological polar surface area (TPSA) is 87.7 Å². The molecule has 0 fully saturated rings. The largest absolute Gasteiger partial charge is 0.478 e. The average molecular weight is 345 g/mol. The van der Waals surface area contributed by atoms with Gasteiger partial charge >= 0.3 is 5.97 Å². The van der Waals surface area contributed by atoms with Crippen molar-refractivity contribution in [2.45, 2.75) is 6.42 Å². The van der Waals surface area contributed by atoms with Gasteiger partial charge in [0.1, 0.15) is 0 Å². The van der Waals surface area contributed by atoms with Crippen molar-refractivity contribution in [3.8, 4) is 0 Å². The number of benzene rings is 2. The number of nitrogens with two attached hydrogens (primary N) is 1. The molecular weight excluding hydrogens is 326 g/mol. The van der Waals surface area contributed by atoms with Gasteiger partial charge in [-0.1, -0.05) is 60.7 Å². The van der Waals surface area contributed by atoms with Gasteiger partial charge < -0.3 is 10.8 Å². The van der Waals surface area contributed by atoms with Gasteiger partial charge in [-0.15, -0.1) is 0 Å². The Balaban J connectivity index is 1.70. The summed E-state index contributed by atoms with van der Waals surface area (Å²) in [6.45, 7) is 0. The fourth-order valence-corrected chi connectivity index (χ4v) is 2.56. The zero-order chi connectivity index (χ0) is 18.4. The normalized spacial score (nSPS) is 14.2. The van der Waals surface area contributed by atoms with Crippen molar-refractivity contribution in [2.75, 3.05) is 0 Å². The fourth-order valence-electron chi connectivity index (χ4n) is 2.56. The molecule has 0 saturated carbocycles. The Labute approximate surface area is 151 Å². The molecule has 0 atom stereocenters. The van der Waals surface area contributed by atoms with Gasteiger partial charge in [-0.05, 0) is 35.8 Å². The number of hydrazone groups is 1. The SMILES string of the molecule is N/C(=N\NC1=CCC=C(c2ccccc2)C=C1)c1cccc(C(=O)O)c1. The Bertz CT molecular complexity index is 925. The van der Waals surface area contributed by atoms with Crippen LogP contribution in [0.15, 0.2) is 89.7 Å². The molecule has 0 heterocycles. The highest BCUT2D eigenvalue weighted by Crippen LogP contribution is 2.19. The van der Waals surface area contributed by atoms with E-state index in [1.807, 2.05) is 36.4 Å². The summed E-state index contributed by atoms with van der Waals surface area (Å²) in [4.78, 5) is 11.0. The third kappa shape index (κ3) is 4.27. The van der Waals surface area contributed by atoms with E-state index in [-0.39, 0.29) is 11.4 Å². The molecule has 130 valence electrons. The summed E-state index contributed by atoms with van der Waals surface area (Å²) in [5.74, 6) is -0.774. The van der Waals surface area contributed by atoms with Gasteiger partial charge in [0.2, 0.25) is 0 Å². The van der Waals surface area contributed by atoms with Crippen LogP contribution in [0.3, 0.4) is 0 Å². The van der Waals surface area contributed by atoms with Crippen molar-refractivity contribution >= 4 is 17.4 Å². The predicted octanol–water partition coefficient (Wildman–Crippen LogP) is 3.52. The van der Waals surface area contributed by atoms with Crippen LogP contribution in [-0.4, -0.2) is 16.9 Å². The van der Waals surface area contributed by atoms with Gasteiger partial charge in [-0.3, -0.25) is 5.43 Å². The summed E-state index contributed by atoms with van der Waals surface area (Å²) in [6, 6.07) is 16.5. The maximum atomic E-state index is 11.0. The molecule has 26 heavy (non-hydrogen) atoms. The van der Waals surface area contributed by atoms with Crippen molar-refractivity contribution in [2.24, 2.45) is 10.8 Å². The number of allylic oxidation sites excluding steroid dienone is 5. The van der Waals surface area contributed by atoms with Gasteiger partial charge in [-0.2, -0.15) is 5.10 Å². The molecule has 0 spiro atoms. The van der Waals surface area contributed by atoms with Crippen LogP contribution < -0.4 is 11.2 Å². The molecule has 0 aromatic heterocycles. The third-order valence-corrected chi connectivity index (χ3v) is 3.94. The fraction of sp³-hybridized carbons (Fsp3) is 0.0476. The second-order valence-electron chi connectivity index (χ2n) is 5.75. The van der Waals surface area contributed by atoms with Gasteiger partial charge in [0.15, 0.2) is 5.84 Å². The van der Waals surface area contributed by atoms with Gasteiger partial charge in [0, 0.05) is 5.56 Å². The number of carbonyl (C=O) groups is 1. The van der Waals surface area contributed by atoms with Crippen molar-refractivity contribution in [3.05, 3.63) is 101 Å². The Hall–Kier alpha value is -3.60. The highest BCUT2D eigenvalue weighted by Gasteiger charge is 2.06. The minimum atomic E-state index is -0.999. The first kappa shape index (κ1) is 17.2. The van der Waals surface area contributed by atoms with E-state index in [1.165, 1.54) is 12.1 Å². The molecule has 0 saturated heterocycles. The van der Waals surface area contributed by atoms with Crippen molar-refractivity contribution < 1.29 is 9.90 Å². The van der Waals surface area contributed by atoms with Crippen molar-refractivity contribution in [1.29, 1.82) is 0 Å². The summed E-state index contributed by atoms with van der Waals surface area (Å²) in [7, 11) is 0. The van der Waals surface area contributed by atoms with Crippen LogP contribution in [0, 0.1) is 0 Å². The Morgan fingerprint density at radius 3 is 2.54 bits per heavy atom. The van der Waals surface area contributed by atoms with E-state index >= 15 is 0 Å². The Morgan fingerprint density at radius 1 is 1.00 bits per heavy atom. The first-order valence-corrected chi connectivity index (χ1v) is 8.20. The number of nitrogens with zero attached hydrogens (tertiary/aromatic N) is 1. The minimum Gasteiger partial charge on any atom is -0.478 e. The lowest BCUT2D eigenvalue weighted by Crippen LogP contribution is -2.19. The lowest BCUT2D eigenvalue weighted by atomic mass is 10.1. The second-order valence-corrected chi connectivity index (χ2v) is 5.75. The number of carboxylic acids is 1. The maximum Gasteiger partial charge on any atom is 0.335 e. The van der Waals surface area contributed by atoms with E-state index in [9.17, 15) is 4.79 Å².